The van der Waals surface area contributed by atoms with Gasteiger partial charge in [0.25, 0.3) is 11.8 Å². The minimum atomic E-state index is -0.132. The van der Waals surface area contributed by atoms with Crippen molar-refractivity contribution in [3.8, 4) is 5.75 Å². The lowest BCUT2D eigenvalue weighted by atomic mass is 10.1. The van der Waals surface area contributed by atoms with Crippen LogP contribution in [0.2, 0.25) is 5.02 Å². The fraction of sp³-hybridized carbons (Fsp3) is 0.300. The highest BCUT2D eigenvalue weighted by molar-refractivity contribution is 14.1. The van der Waals surface area contributed by atoms with Crippen LogP contribution in [0.3, 0.4) is 0 Å². The normalized spacial score (nSPS) is 14.2. The van der Waals surface area contributed by atoms with Crippen molar-refractivity contribution in [1.29, 1.82) is 0 Å². The zero-order chi connectivity index (χ0) is 19.6. The summed E-state index contributed by atoms with van der Waals surface area (Å²) in [5, 5.41) is 0.521. The maximum Gasteiger partial charge on any atom is 0.257 e. The van der Waals surface area contributed by atoms with E-state index in [4.69, 9.17) is 16.3 Å². The number of carbonyl (C=O) groups is 2. The molecule has 0 aromatic heterocycles. The van der Waals surface area contributed by atoms with Gasteiger partial charge in [-0.25, -0.2) is 0 Å². The highest BCUT2D eigenvalue weighted by Gasteiger charge is 2.27. The molecule has 0 N–H and O–H groups in total. The summed E-state index contributed by atoms with van der Waals surface area (Å²) in [5.41, 5.74) is 2.24. The van der Waals surface area contributed by atoms with E-state index in [9.17, 15) is 9.59 Å². The molecule has 1 heterocycles. The van der Waals surface area contributed by atoms with Crippen LogP contribution in [0.25, 0.3) is 0 Å². The van der Waals surface area contributed by atoms with E-state index in [1.165, 1.54) is 7.11 Å². The minimum Gasteiger partial charge on any atom is -0.496 e. The predicted molar refractivity (Wildman–Crippen MR) is 114 cm³/mol. The van der Waals surface area contributed by atoms with Crippen LogP contribution in [0.4, 0.5) is 0 Å². The Morgan fingerprint density at radius 3 is 2.11 bits per heavy atom. The van der Waals surface area contributed by atoms with E-state index in [1.54, 1.807) is 21.9 Å². The Labute approximate surface area is 177 Å². The number of halogens is 2. The Balaban J connectivity index is 1.69. The highest BCUT2D eigenvalue weighted by atomic mass is 127. The van der Waals surface area contributed by atoms with Crippen molar-refractivity contribution in [3.05, 3.63) is 61.7 Å². The van der Waals surface area contributed by atoms with Crippen molar-refractivity contribution in [1.82, 2.24) is 9.80 Å². The van der Waals surface area contributed by atoms with E-state index in [-0.39, 0.29) is 11.8 Å². The summed E-state index contributed by atoms with van der Waals surface area (Å²) >= 11 is 8.29. The van der Waals surface area contributed by atoms with Gasteiger partial charge >= 0.3 is 0 Å². The Kier molecular flexibility index (Phi) is 6.26. The van der Waals surface area contributed by atoms with E-state index in [1.807, 2.05) is 31.2 Å². The maximum atomic E-state index is 12.9. The van der Waals surface area contributed by atoms with Crippen LogP contribution in [0.5, 0.6) is 5.75 Å². The lowest BCUT2D eigenvalue weighted by Gasteiger charge is -2.35. The summed E-state index contributed by atoms with van der Waals surface area (Å²) in [4.78, 5) is 29.1. The fourth-order valence-corrected chi connectivity index (χ4v) is 3.63. The van der Waals surface area contributed by atoms with Crippen LogP contribution >= 0.6 is 34.2 Å². The van der Waals surface area contributed by atoms with Gasteiger partial charge in [0.2, 0.25) is 0 Å². The second-order valence-corrected chi connectivity index (χ2v) is 7.99. The second-order valence-electron chi connectivity index (χ2n) is 6.42. The van der Waals surface area contributed by atoms with Gasteiger partial charge in [-0.3, -0.25) is 9.59 Å². The Bertz CT molecular complexity index is 862. The first-order valence-electron chi connectivity index (χ1n) is 8.59. The maximum absolute atomic E-state index is 12.9. The molecule has 3 rings (SSSR count). The monoisotopic (exact) mass is 498 g/mol. The van der Waals surface area contributed by atoms with E-state index >= 15 is 0 Å². The molecule has 0 radical (unpaired) electrons. The summed E-state index contributed by atoms with van der Waals surface area (Å²) in [6.45, 7) is 3.94. The third kappa shape index (κ3) is 4.38. The molecule has 0 aliphatic carbocycles. The molecule has 0 unspecified atom stereocenters. The zero-order valence-corrected chi connectivity index (χ0v) is 18.1. The number of carbonyl (C=O) groups excluding carboxylic acids is 2. The first-order valence-corrected chi connectivity index (χ1v) is 10.0. The third-order valence-electron chi connectivity index (χ3n) is 4.63. The van der Waals surface area contributed by atoms with Crippen LogP contribution in [-0.4, -0.2) is 54.9 Å². The van der Waals surface area contributed by atoms with Gasteiger partial charge < -0.3 is 14.5 Å². The van der Waals surface area contributed by atoms with Gasteiger partial charge in [0, 0.05) is 35.3 Å². The second kappa shape index (κ2) is 8.48. The van der Waals surface area contributed by atoms with Crippen molar-refractivity contribution < 1.29 is 14.3 Å². The molecule has 2 aromatic carbocycles. The van der Waals surface area contributed by atoms with Gasteiger partial charge in [-0.05, 0) is 53.8 Å². The molecule has 0 atom stereocenters. The Morgan fingerprint density at radius 1 is 1.00 bits per heavy atom. The Hall–Kier alpha value is -1.80. The van der Waals surface area contributed by atoms with E-state index < -0.39 is 0 Å². The van der Waals surface area contributed by atoms with Crippen molar-refractivity contribution in [2.24, 2.45) is 0 Å². The summed E-state index contributed by atoms with van der Waals surface area (Å²) in [7, 11) is 1.54. The van der Waals surface area contributed by atoms with Crippen molar-refractivity contribution in [2.75, 3.05) is 33.3 Å². The topological polar surface area (TPSA) is 49.9 Å². The minimum absolute atomic E-state index is 0.00279. The van der Waals surface area contributed by atoms with Gasteiger partial charge in [0.1, 0.15) is 5.75 Å². The highest BCUT2D eigenvalue weighted by Crippen LogP contribution is 2.29. The van der Waals surface area contributed by atoms with E-state index in [0.717, 1.165) is 9.13 Å². The summed E-state index contributed by atoms with van der Waals surface area (Å²) < 4.78 is 6.17. The summed E-state index contributed by atoms with van der Waals surface area (Å²) in [5.74, 6) is 0.372. The molecule has 0 bridgehead atoms. The zero-order valence-electron chi connectivity index (χ0n) is 15.2. The Morgan fingerprint density at radius 2 is 1.56 bits per heavy atom. The molecule has 1 fully saturated rings. The van der Waals surface area contributed by atoms with Gasteiger partial charge in [-0.1, -0.05) is 29.3 Å². The molecule has 142 valence electrons. The van der Waals surface area contributed by atoms with Crippen LogP contribution in [-0.2, 0) is 0 Å². The number of benzene rings is 2. The van der Waals surface area contributed by atoms with E-state index in [2.05, 4.69) is 22.6 Å². The first kappa shape index (κ1) is 19.9. The van der Waals surface area contributed by atoms with Crippen LogP contribution in [0.15, 0.2) is 36.4 Å². The number of hydrogen-bond acceptors (Lipinski definition) is 3. The first-order chi connectivity index (χ1) is 12.9. The molecule has 27 heavy (non-hydrogen) atoms. The number of rotatable bonds is 3. The number of hydrogen-bond donors (Lipinski definition) is 0. The molecular formula is C20H20ClIN2O3. The lowest BCUT2D eigenvalue weighted by Crippen LogP contribution is -2.50. The van der Waals surface area contributed by atoms with Gasteiger partial charge in [-0.2, -0.15) is 0 Å². The van der Waals surface area contributed by atoms with Gasteiger partial charge in [-0.15, -0.1) is 0 Å². The van der Waals surface area contributed by atoms with Crippen LogP contribution in [0, 0.1) is 10.5 Å². The molecule has 0 spiro atoms. The van der Waals surface area contributed by atoms with E-state index in [0.29, 0.717) is 48.1 Å². The summed E-state index contributed by atoms with van der Waals surface area (Å²) in [6, 6.07) is 10.9. The quantitative estimate of drug-likeness (QED) is 0.604. The fourth-order valence-electron chi connectivity index (χ4n) is 3.03. The molecule has 2 amide bonds. The van der Waals surface area contributed by atoms with Crippen molar-refractivity contribution in [2.45, 2.75) is 6.92 Å². The number of nitrogens with zero attached hydrogens (tertiary/aromatic N) is 2. The largest absolute Gasteiger partial charge is 0.496 e. The molecule has 1 aliphatic heterocycles. The van der Waals surface area contributed by atoms with Gasteiger partial charge in [0.05, 0.1) is 17.7 Å². The molecule has 7 heteroatoms. The van der Waals surface area contributed by atoms with Gasteiger partial charge in [0.15, 0.2) is 0 Å². The molecule has 2 aromatic rings. The van der Waals surface area contributed by atoms with Crippen molar-refractivity contribution >= 4 is 46.0 Å². The van der Waals surface area contributed by atoms with Crippen LogP contribution < -0.4 is 4.74 Å². The standard InChI is InChI=1S/C20H20ClIN2O3/c1-13-3-5-14(6-4-13)19(25)23-7-9-24(10-8-23)20(26)15-11-16(21)17(22)12-18(15)27-2/h3-6,11-12H,7-10H2,1-2H3. The molecule has 5 nitrogen and oxygen atoms in total. The lowest BCUT2D eigenvalue weighted by molar-refractivity contribution is 0.0533. The number of methoxy groups -OCH3 is 1. The number of aryl methyl sites for hydroxylation is 1. The SMILES string of the molecule is COc1cc(I)c(Cl)cc1C(=O)N1CCN(C(=O)c2ccc(C)cc2)CC1. The molecule has 1 saturated heterocycles. The molecule has 1 aliphatic rings. The number of amides is 2. The smallest absolute Gasteiger partial charge is 0.257 e. The third-order valence-corrected chi connectivity index (χ3v) is 6.15. The number of ether oxygens (including phenoxy) is 1. The molecule has 0 saturated carbocycles. The van der Waals surface area contributed by atoms with Crippen molar-refractivity contribution in [3.63, 3.8) is 0 Å². The number of piperazine rings is 1. The summed E-state index contributed by atoms with van der Waals surface area (Å²) in [6.07, 6.45) is 0. The average Bonchev–Trinajstić information content (AvgIpc) is 2.69. The predicted octanol–water partition coefficient (Wildman–Crippen LogP) is 3.86. The average molecular weight is 499 g/mol. The van der Waals surface area contributed by atoms with Crippen LogP contribution in [0.1, 0.15) is 26.3 Å². The molecular weight excluding hydrogens is 479 g/mol.